The zero-order valence-electron chi connectivity index (χ0n) is 19.6. The number of nitrogens with one attached hydrogen (secondary N) is 2. The zero-order valence-corrected chi connectivity index (χ0v) is 19.6. The topological polar surface area (TPSA) is 74.6 Å². The van der Waals surface area contributed by atoms with Crippen molar-refractivity contribution < 1.29 is 14.0 Å². The number of carbonyl (C=O) groups is 2. The van der Waals surface area contributed by atoms with Crippen LogP contribution >= 0.6 is 0 Å². The van der Waals surface area contributed by atoms with E-state index in [1.165, 1.54) is 0 Å². The molecule has 6 nitrogen and oxygen atoms in total. The third kappa shape index (κ3) is 6.16. The molecule has 6 heteroatoms. The molecule has 1 aliphatic rings. The predicted molar refractivity (Wildman–Crippen MR) is 137 cm³/mol. The second-order valence-corrected chi connectivity index (χ2v) is 9.06. The molecule has 0 aliphatic heterocycles. The van der Waals surface area contributed by atoms with Crippen LogP contribution in [0.1, 0.15) is 40.9 Å². The number of hydrogen-bond donors (Lipinski definition) is 2. The van der Waals surface area contributed by atoms with Crippen LogP contribution in [-0.4, -0.2) is 29.3 Å². The molecule has 1 fully saturated rings. The van der Waals surface area contributed by atoms with Crippen LogP contribution in [0.3, 0.4) is 0 Å². The van der Waals surface area contributed by atoms with E-state index >= 15 is 0 Å². The molecule has 35 heavy (non-hydrogen) atoms. The SMILES string of the molecule is O=C(CCN(Cc1ccc(C(=O)NC2CC2)cc1)Cc1ccco1)Nc1cccc2ccccc12. The molecule has 0 radical (unpaired) electrons. The molecule has 0 saturated heterocycles. The van der Waals surface area contributed by atoms with Crippen molar-refractivity contribution in [1.82, 2.24) is 10.2 Å². The Labute approximate surface area is 204 Å². The first-order chi connectivity index (χ1) is 17.1. The van der Waals surface area contributed by atoms with Gasteiger partial charge in [0, 0.05) is 42.2 Å². The van der Waals surface area contributed by atoms with Gasteiger partial charge < -0.3 is 15.1 Å². The van der Waals surface area contributed by atoms with Gasteiger partial charge in [0.1, 0.15) is 5.76 Å². The summed E-state index contributed by atoms with van der Waals surface area (Å²) in [5.74, 6) is 0.800. The van der Waals surface area contributed by atoms with Gasteiger partial charge in [-0.15, -0.1) is 0 Å². The van der Waals surface area contributed by atoms with Gasteiger partial charge in [-0.2, -0.15) is 0 Å². The first-order valence-corrected chi connectivity index (χ1v) is 12.1. The summed E-state index contributed by atoms with van der Waals surface area (Å²) in [6.45, 7) is 1.81. The minimum Gasteiger partial charge on any atom is -0.468 e. The highest BCUT2D eigenvalue weighted by Gasteiger charge is 2.23. The van der Waals surface area contributed by atoms with E-state index in [9.17, 15) is 9.59 Å². The average molecular weight is 468 g/mol. The lowest BCUT2D eigenvalue weighted by Crippen LogP contribution is -2.27. The lowest BCUT2D eigenvalue weighted by atomic mass is 10.1. The van der Waals surface area contributed by atoms with Gasteiger partial charge in [-0.1, -0.05) is 48.5 Å². The largest absolute Gasteiger partial charge is 0.468 e. The molecule has 5 rings (SSSR count). The van der Waals surface area contributed by atoms with Crippen molar-refractivity contribution in [1.29, 1.82) is 0 Å². The molecular weight excluding hydrogens is 438 g/mol. The third-order valence-corrected chi connectivity index (χ3v) is 6.21. The Morgan fingerprint density at radius 1 is 0.886 bits per heavy atom. The molecule has 1 saturated carbocycles. The number of hydrogen-bond acceptors (Lipinski definition) is 4. The summed E-state index contributed by atoms with van der Waals surface area (Å²) in [5, 5.41) is 8.21. The minimum absolute atomic E-state index is 0.0170. The Hall–Kier alpha value is -3.90. The van der Waals surface area contributed by atoms with Crippen molar-refractivity contribution in [3.8, 4) is 0 Å². The van der Waals surface area contributed by atoms with Gasteiger partial charge in [-0.25, -0.2) is 0 Å². The van der Waals surface area contributed by atoms with E-state index in [-0.39, 0.29) is 11.8 Å². The second-order valence-electron chi connectivity index (χ2n) is 9.06. The van der Waals surface area contributed by atoms with Gasteiger partial charge in [-0.3, -0.25) is 14.5 Å². The van der Waals surface area contributed by atoms with Crippen LogP contribution < -0.4 is 10.6 Å². The Bertz CT molecular complexity index is 1290. The van der Waals surface area contributed by atoms with Crippen LogP contribution in [0.25, 0.3) is 10.8 Å². The van der Waals surface area contributed by atoms with Gasteiger partial charge in [0.05, 0.1) is 12.8 Å². The number of nitrogens with zero attached hydrogens (tertiary/aromatic N) is 1. The number of rotatable bonds is 10. The van der Waals surface area contributed by atoms with Crippen molar-refractivity contribution in [2.45, 2.75) is 38.4 Å². The van der Waals surface area contributed by atoms with Crippen molar-refractivity contribution in [2.24, 2.45) is 0 Å². The zero-order chi connectivity index (χ0) is 24.0. The Balaban J connectivity index is 1.22. The van der Waals surface area contributed by atoms with Gasteiger partial charge >= 0.3 is 0 Å². The van der Waals surface area contributed by atoms with Crippen LogP contribution in [0.4, 0.5) is 5.69 Å². The molecule has 0 unspecified atom stereocenters. The molecule has 0 bridgehead atoms. The fraction of sp³-hybridized carbons (Fsp3) is 0.241. The van der Waals surface area contributed by atoms with Crippen LogP contribution in [0.2, 0.25) is 0 Å². The minimum atomic E-state index is -0.0297. The van der Waals surface area contributed by atoms with Gasteiger partial charge in [0.15, 0.2) is 0 Å². The molecule has 0 atom stereocenters. The van der Waals surface area contributed by atoms with Crippen LogP contribution in [0, 0.1) is 0 Å². The van der Waals surface area contributed by atoms with E-state index < -0.39 is 0 Å². The van der Waals surface area contributed by atoms with Crippen molar-refractivity contribution in [3.05, 3.63) is 102 Å². The maximum Gasteiger partial charge on any atom is 0.251 e. The third-order valence-electron chi connectivity index (χ3n) is 6.21. The molecule has 4 aromatic rings. The standard InChI is InChI=1S/C29H29N3O3/c33-28(31-27-9-3-6-22-5-1-2-8-26(22)27)16-17-32(20-25-7-4-18-35-25)19-21-10-12-23(13-11-21)29(34)30-24-14-15-24/h1-13,18,24H,14-17,19-20H2,(H,30,34)(H,31,33). The van der Waals surface area contributed by atoms with Crippen molar-refractivity contribution >= 4 is 28.3 Å². The molecular formula is C29H29N3O3. The Kier molecular flexibility index (Phi) is 6.91. The number of carbonyl (C=O) groups excluding carboxylic acids is 2. The highest BCUT2D eigenvalue weighted by Crippen LogP contribution is 2.23. The van der Waals surface area contributed by atoms with Gasteiger partial charge in [0.25, 0.3) is 5.91 Å². The summed E-state index contributed by atoms with van der Waals surface area (Å²) < 4.78 is 5.55. The maximum atomic E-state index is 12.8. The highest BCUT2D eigenvalue weighted by molar-refractivity contribution is 6.02. The number of anilines is 1. The maximum absolute atomic E-state index is 12.8. The molecule has 0 spiro atoms. The van der Waals surface area contributed by atoms with Crippen molar-refractivity contribution in [2.75, 3.05) is 11.9 Å². The van der Waals surface area contributed by atoms with Gasteiger partial charge in [-0.05, 0) is 54.1 Å². The van der Waals surface area contributed by atoms with E-state index in [2.05, 4.69) is 15.5 Å². The molecule has 1 aliphatic carbocycles. The first kappa shape index (κ1) is 22.9. The lowest BCUT2D eigenvalue weighted by Gasteiger charge is -2.21. The van der Waals surface area contributed by atoms with E-state index in [0.717, 1.165) is 40.6 Å². The molecule has 2 N–H and O–H groups in total. The summed E-state index contributed by atoms with van der Waals surface area (Å²) >= 11 is 0. The molecule has 1 heterocycles. The smallest absolute Gasteiger partial charge is 0.251 e. The predicted octanol–water partition coefficient (Wildman–Crippen LogP) is 5.36. The van der Waals surface area contributed by atoms with E-state index in [4.69, 9.17) is 4.42 Å². The fourth-order valence-electron chi connectivity index (χ4n) is 4.16. The molecule has 178 valence electrons. The number of amides is 2. The van der Waals surface area contributed by atoms with Crippen LogP contribution in [0.5, 0.6) is 0 Å². The van der Waals surface area contributed by atoms with Crippen LogP contribution in [-0.2, 0) is 17.9 Å². The van der Waals surface area contributed by atoms with E-state index in [1.807, 2.05) is 78.9 Å². The molecule has 2 amide bonds. The number of furan rings is 1. The molecule has 3 aromatic carbocycles. The van der Waals surface area contributed by atoms with E-state index in [1.54, 1.807) is 6.26 Å². The Morgan fingerprint density at radius 3 is 2.46 bits per heavy atom. The van der Waals surface area contributed by atoms with E-state index in [0.29, 0.717) is 37.7 Å². The normalized spacial score (nSPS) is 13.2. The summed E-state index contributed by atoms with van der Waals surface area (Å²) in [4.78, 5) is 27.3. The summed E-state index contributed by atoms with van der Waals surface area (Å²) in [5.41, 5.74) is 2.58. The average Bonchev–Trinajstić information content (AvgIpc) is 3.54. The lowest BCUT2D eigenvalue weighted by molar-refractivity contribution is -0.116. The summed E-state index contributed by atoms with van der Waals surface area (Å²) in [6, 6.07) is 25.8. The quantitative estimate of drug-likeness (QED) is 0.329. The summed E-state index contributed by atoms with van der Waals surface area (Å²) in [6.07, 6.45) is 4.15. The highest BCUT2D eigenvalue weighted by atomic mass is 16.3. The second kappa shape index (κ2) is 10.6. The number of fused-ring (bicyclic) bond motifs is 1. The first-order valence-electron chi connectivity index (χ1n) is 12.1. The summed E-state index contributed by atoms with van der Waals surface area (Å²) in [7, 11) is 0. The monoisotopic (exact) mass is 467 g/mol. The molecule has 1 aromatic heterocycles. The Morgan fingerprint density at radius 2 is 1.69 bits per heavy atom. The van der Waals surface area contributed by atoms with Gasteiger partial charge in [0.2, 0.25) is 5.91 Å². The van der Waals surface area contributed by atoms with Crippen LogP contribution in [0.15, 0.2) is 89.5 Å². The number of benzene rings is 3. The fourth-order valence-corrected chi connectivity index (χ4v) is 4.16. The van der Waals surface area contributed by atoms with Crippen molar-refractivity contribution in [3.63, 3.8) is 0 Å².